The zero-order valence-corrected chi connectivity index (χ0v) is 11.3. The fourth-order valence-electron chi connectivity index (χ4n) is 1.39. The van der Waals surface area contributed by atoms with Gasteiger partial charge in [-0.25, -0.2) is 4.45 Å². The molecule has 0 aliphatic heterocycles. The lowest BCUT2D eigenvalue weighted by atomic mass is 10.2. The molecule has 0 saturated heterocycles. The zero-order chi connectivity index (χ0) is 11.7. The molecule has 8 heteroatoms. The van der Waals surface area contributed by atoms with Gasteiger partial charge in [-0.15, -0.1) is 0 Å². The summed E-state index contributed by atoms with van der Waals surface area (Å²) in [6.45, 7) is 0. The smallest absolute Gasteiger partial charge is 0.311 e. The number of rotatable bonds is 3. The molecule has 0 saturated carbocycles. The maximum Gasteiger partial charge on any atom is 0.311 e. The van der Waals surface area contributed by atoms with Crippen LogP contribution in [0.5, 0.6) is 5.75 Å². The van der Waals surface area contributed by atoms with Crippen LogP contribution in [0.25, 0.3) is 10.9 Å². The number of benzene rings is 1. The summed E-state index contributed by atoms with van der Waals surface area (Å²) in [4.78, 5) is 10.3. The largest absolute Gasteiger partial charge is 0.490 e. The van der Waals surface area contributed by atoms with Crippen molar-refractivity contribution in [2.75, 3.05) is 7.11 Å². The number of ether oxygens (including phenoxy) is 1. The van der Waals surface area contributed by atoms with Crippen LogP contribution in [0.1, 0.15) is 0 Å². The van der Waals surface area contributed by atoms with Gasteiger partial charge in [-0.3, -0.25) is 10.1 Å². The summed E-state index contributed by atoms with van der Waals surface area (Å²) in [5.41, 5.74) is 0.665. The van der Waals surface area contributed by atoms with Gasteiger partial charge in [0, 0.05) is 23.7 Å². The topological polar surface area (TPSA) is 70.2 Å². The molecule has 2 aromatic rings. The second-order valence-corrected chi connectivity index (χ2v) is 5.07. The van der Waals surface area contributed by atoms with E-state index in [0.717, 1.165) is 5.39 Å². The molecule has 84 valence electrons. The molecule has 0 N–H and O–H groups in total. The van der Waals surface area contributed by atoms with Gasteiger partial charge >= 0.3 is 5.69 Å². The standard InChI is InChI=1S/C8H7IN3O3P/c1-15-8-3-6-5(2-7(8)12(13)14)4-11(10-6)16-9/h2-4,16H,1H3. The van der Waals surface area contributed by atoms with Crippen LogP contribution >= 0.6 is 28.4 Å². The molecule has 1 atom stereocenters. The first-order valence-electron chi connectivity index (χ1n) is 4.24. The average molecular weight is 351 g/mol. The Labute approximate surface area is 105 Å². The Morgan fingerprint density at radius 1 is 1.62 bits per heavy atom. The zero-order valence-electron chi connectivity index (χ0n) is 8.18. The van der Waals surface area contributed by atoms with Crippen LogP contribution in [-0.2, 0) is 0 Å². The summed E-state index contributed by atoms with van der Waals surface area (Å²) in [5, 5.41) is 15.8. The molecule has 16 heavy (non-hydrogen) atoms. The van der Waals surface area contributed by atoms with E-state index in [2.05, 4.69) is 27.1 Å². The predicted molar refractivity (Wildman–Crippen MR) is 70.7 cm³/mol. The summed E-state index contributed by atoms with van der Waals surface area (Å²) in [5.74, 6) is 0.236. The van der Waals surface area contributed by atoms with E-state index in [1.165, 1.54) is 13.2 Å². The highest BCUT2D eigenvalue weighted by Gasteiger charge is 2.17. The summed E-state index contributed by atoms with van der Waals surface area (Å²) < 4.78 is 6.71. The highest BCUT2D eigenvalue weighted by atomic mass is 127. The monoisotopic (exact) mass is 351 g/mol. The van der Waals surface area contributed by atoms with Crippen LogP contribution < -0.4 is 4.74 Å². The van der Waals surface area contributed by atoms with Gasteiger partial charge in [0.1, 0.15) is 0 Å². The molecule has 0 spiro atoms. The SMILES string of the molecule is COc1cc2nn(PI)cc2cc1[N+](=O)[O-]. The molecule has 0 aliphatic rings. The van der Waals surface area contributed by atoms with Gasteiger partial charge in [0.2, 0.25) is 0 Å². The molecule has 1 aromatic carbocycles. The van der Waals surface area contributed by atoms with E-state index in [-0.39, 0.29) is 11.4 Å². The maximum atomic E-state index is 10.8. The number of halogens is 1. The third kappa shape index (κ3) is 1.97. The van der Waals surface area contributed by atoms with Crippen LogP contribution in [0.15, 0.2) is 18.3 Å². The molecule has 1 unspecified atom stereocenters. The Hall–Kier alpha value is -0.950. The number of nitrogens with zero attached hydrogens (tertiary/aromatic N) is 3. The van der Waals surface area contributed by atoms with E-state index in [1.807, 2.05) is 0 Å². The molecule has 1 aromatic heterocycles. The van der Waals surface area contributed by atoms with Gasteiger partial charge < -0.3 is 4.74 Å². The number of methoxy groups -OCH3 is 1. The Morgan fingerprint density at radius 2 is 2.38 bits per heavy atom. The summed E-state index contributed by atoms with van der Waals surface area (Å²) in [6.07, 6.45) is 2.25. The number of hydrogen-bond acceptors (Lipinski definition) is 4. The Morgan fingerprint density at radius 3 is 2.94 bits per heavy atom. The van der Waals surface area contributed by atoms with E-state index in [9.17, 15) is 10.1 Å². The second kappa shape index (κ2) is 4.50. The molecule has 0 radical (unpaired) electrons. The second-order valence-electron chi connectivity index (χ2n) is 3.00. The molecular weight excluding hydrogens is 344 g/mol. The molecular formula is C8H7IN3O3P. The van der Waals surface area contributed by atoms with Gasteiger partial charge in [0.25, 0.3) is 0 Å². The van der Waals surface area contributed by atoms with E-state index in [4.69, 9.17) is 4.74 Å². The van der Waals surface area contributed by atoms with Crippen LogP contribution in [0.4, 0.5) is 5.69 Å². The molecule has 0 bridgehead atoms. The Balaban J connectivity index is 2.67. The number of fused-ring (bicyclic) bond motifs is 1. The van der Waals surface area contributed by atoms with Crippen molar-refractivity contribution in [1.29, 1.82) is 0 Å². The van der Waals surface area contributed by atoms with Crippen LogP contribution in [-0.4, -0.2) is 21.6 Å². The Kier molecular flexibility index (Phi) is 3.25. The van der Waals surface area contributed by atoms with Gasteiger partial charge in [-0.1, -0.05) is 0 Å². The van der Waals surface area contributed by atoms with Crippen molar-refractivity contribution in [2.45, 2.75) is 0 Å². The average Bonchev–Trinajstić information content (AvgIpc) is 2.68. The third-order valence-corrected chi connectivity index (χ3v) is 3.97. The minimum atomic E-state index is -0.456. The molecule has 6 nitrogen and oxygen atoms in total. The lowest BCUT2D eigenvalue weighted by molar-refractivity contribution is -0.385. The van der Waals surface area contributed by atoms with E-state index < -0.39 is 4.92 Å². The van der Waals surface area contributed by atoms with Crippen molar-refractivity contribution in [2.24, 2.45) is 0 Å². The number of hydrogen-bond donors (Lipinski definition) is 0. The van der Waals surface area contributed by atoms with Gasteiger partial charge in [0.05, 0.1) is 23.9 Å². The predicted octanol–water partition coefficient (Wildman–Crippen LogP) is 2.74. The highest BCUT2D eigenvalue weighted by Crippen LogP contribution is 2.33. The van der Waals surface area contributed by atoms with Crippen molar-refractivity contribution in [1.82, 2.24) is 9.55 Å². The fraction of sp³-hybridized carbons (Fsp3) is 0.125. The maximum absolute atomic E-state index is 10.8. The number of nitro groups is 1. The number of aromatic nitrogens is 2. The van der Waals surface area contributed by atoms with Crippen molar-refractivity contribution >= 4 is 45.0 Å². The molecule has 0 aliphatic carbocycles. The quantitative estimate of drug-likeness (QED) is 0.369. The summed E-state index contributed by atoms with van der Waals surface area (Å²) >= 11 is 2.19. The fourth-order valence-corrected chi connectivity index (χ4v) is 2.46. The minimum Gasteiger partial charge on any atom is -0.490 e. The van der Waals surface area contributed by atoms with Crippen molar-refractivity contribution in [3.8, 4) is 5.75 Å². The van der Waals surface area contributed by atoms with Gasteiger partial charge in [-0.2, -0.15) is 5.10 Å². The van der Waals surface area contributed by atoms with Crippen LogP contribution in [0.2, 0.25) is 0 Å². The first-order chi connectivity index (χ1) is 7.65. The molecule has 1 heterocycles. The minimum absolute atomic E-state index is 0.0358. The normalized spacial score (nSPS) is 11.4. The number of nitro benzene ring substituents is 1. The third-order valence-electron chi connectivity index (χ3n) is 2.09. The van der Waals surface area contributed by atoms with E-state index in [1.54, 1.807) is 16.7 Å². The molecule has 2 rings (SSSR count). The van der Waals surface area contributed by atoms with Crippen molar-refractivity contribution < 1.29 is 9.66 Å². The lowest BCUT2D eigenvalue weighted by Crippen LogP contribution is -1.93. The van der Waals surface area contributed by atoms with Crippen molar-refractivity contribution in [3.05, 3.63) is 28.4 Å². The van der Waals surface area contributed by atoms with Crippen LogP contribution in [0, 0.1) is 10.1 Å². The van der Waals surface area contributed by atoms with Gasteiger partial charge in [0.15, 0.2) is 5.75 Å². The molecule has 0 fully saturated rings. The Bertz CT molecular complexity index is 557. The van der Waals surface area contributed by atoms with Crippen LogP contribution in [0.3, 0.4) is 0 Å². The first kappa shape index (κ1) is 11.5. The molecule has 0 amide bonds. The van der Waals surface area contributed by atoms with E-state index in [0.29, 0.717) is 11.9 Å². The first-order valence-corrected chi connectivity index (χ1v) is 8.30. The van der Waals surface area contributed by atoms with E-state index >= 15 is 0 Å². The summed E-state index contributed by atoms with van der Waals surface area (Å²) in [6, 6.07) is 3.06. The highest BCUT2D eigenvalue weighted by molar-refractivity contribution is 14.2. The lowest BCUT2D eigenvalue weighted by Gasteiger charge is -2.00. The van der Waals surface area contributed by atoms with Crippen molar-refractivity contribution in [3.63, 3.8) is 0 Å². The van der Waals surface area contributed by atoms with Gasteiger partial charge in [-0.05, 0) is 22.0 Å². The summed E-state index contributed by atoms with van der Waals surface area (Å²) in [7, 11) is 1.41.